The summed E-state index contributed by atoms with van der Waals surface area (Å²) in [5.41, 5.74) is 3.72. The summed E-state index contributed by atoms with van der Waals surface area (Å²) in [4.78, 5) is 16.9. The maximum Gasteiger partial charge on any atom is 0.228 e. The molecule has 1 N–H and O–H groups in total. The third kappa shape index (κ3) is 4.33. The highest BCUT2D eigenvalue weighted by Gasteiger charge is 2.07. The normalized spacial score (nSPS) is 11.0. The van der Waals surface area contributed by atoms with Gasteiger partial charge in [-0.15, -0.1) is 0 Å². The van der Waals surface area contributed by atoms with Crippen molar-refractivity contribution >= 4 is 34.5 Å². The van der Waals surface area contributed by atoms with Gasteiger partial charge in [-0.2, -0.15) is 0 Å². The van der Waals surface area contributed by atoms with Crippen LogP contribution in [0.5, 0.6) is 0 Å². The topological polar surface area (TPSA) is 42.0 Å². The number of carbonyl (C=O) groups excluding carboxylic acids is 1. The van der Waals surface area contributed by atoms with E-state index in [-0.39, 0.29) is 5.91 Å². The van der Waals surface area contributed by atoms with Crippen molar-refractivity contribution < 1.29 is 4.79 Å². The molecule has 0 radical (unpaired) electrons. The molecule has 1 aromatic heterocycles. The van der Waals surface area contributed by atoms with Crippen LogP contribution in [0, 0.1) is 0 Å². The molecule has 0 atom stereocenters. The van der Waals surface area contributed by atoms with Gasteiger partial charge in [0, 0.05) is 11.9 Å². The number of anilines is 1. The smallest absolute Gasteiger partial charge is 0.228 e. The molecular formula is C25H20N2O. The molecule has 1 amide bonds. The summed E-state index contributed by atoms with van der Waals surface area (Å²) in [7, 11) is 0. The Balaban J connectivity index is 1.47. The Hall–Kier alpha value is -3.72. The number of benzene rings is 3. The first-order chi connectivity index (χ1) is 13.8. The van der Waals surface area contributed by atoms with E-state index in [0.29, 0.717) is 6.42 Å². The lowest BCUT2D eigenvalue weighted by Gasteiger charge is -2.08. The van der Waals surface area contributed by atoms with Gasteiger partial charge in [-0.3, -0.25) is 9.78 Å². The highest BCUT2D eigenvalue weighted by atomic mass is 16.1. The van der Waals surface area contributed by atoms with E-state index >= 15 is 0 Å². The molecule has 0 aliphatic carbocycles. The second-order valence-corrected chi connectivity index (χ2v) is 6.58. The highest BCUT2D eigenvalue weighted by Crippen LogP contribution is 2.20. The number of fused-ring (bicyclic) bond motifs is 1. The van der Waals surface area contributed by atoms with Gasteiger partial charge >= 0.3 is 0 Å². The van der Waals surface area contributed by atoms with Crippen molar-refractivity contribution in [1.82, 2.24) is 4.98 Å². The summed E-state index contributed by atoms with van der Waals surface area (Å²) in [6, 6.07) is 27.8. The summed E-state index contributed by atoms with van der Waals surface area (Å²) in [5, 5.41) is 5.27. The molecule has 1 heterocycles. The first-order valence-corrected chi connectivity index (χ1v) is 9.24. The number of carbonyl (C=O) groups is 1. The summed E-state index contributed by atoms with van der Waals surface area (Å²) < 4.78 is 0. The number of pyridine rings is 1. The van der Waals surface area contributed by atoms with Crippen LogP contribution in [-0.2, 0) is 11.2 Å². The van der Waals surface area contributed by atoms with Crippen molar-refractivity contribution in [2.24, 2.45) is 0 Å². The Kier molecular flexibility index (Phi) is 5.25. The highest BCUT2D eigenvalue weighted by molar-refractivity contribution is 5.96. The Bertz CT molecular complexity index is 1130. The van der Waals surface area contributed by atoms with Gasteiger partial charge in [-0.05, 0) is 52.2 Å². The predicted molar refractivity (Wildman–Crippen MR) is 116 cm³/mol. The van der Waals surface area contributed by atoms with Gasteiger partial charge in [0.2, 0.25) is 5.91 Å². The van der Waals surface area contributed by atoms with Crippen molar-refractivity contribution in [3.8, 4) is 0 Å². The number of hydrogen-bond acceptors (Lipinski definition) is 2. The maximum absolute atomic E-state index is 12.6. The zero-order chi connectivity index (χ0) is 19.2. The first-order valence-electron chi connectivity index (χ1n) is 9.24. The minimum atomic E-state index is -0.0257. The summed E-state index contributed by atoms with van der Waals surface area (Å²) >= 11 is 0. The summed E-state index contributed by atoms with van der Waals surface area (Å²) in [6.07, 6.45) is 6.05. The molecule has 0 saturated carbocycles. The van der Waals surface area contributed by atoms with Gasteiger partial charge in [0.25, 0.3) is 0 Å². The van der Waals surface area contributed by atoms with Crippen LogP contribution in [0.25, 0.3) is 22.9 Å². The number of rotatable bonds is 5. The molecule has 0 spiro atoms. The van der Waals surface area contributed by atoms with Gasteiger partial charge < -0.3 is 5.32 Å². The lowest BCUT2D eigenvalue weighted by molar-refractivity contribution is -0.115. The van der Waals surface area contributed by atoms with Crippen LogP contribution in [0.15, 0.2) is 91.1 Å². The Morgan fingerprint density at radius 2 is 1.68 bits per heavy atom. The van der Waals surface area contributed by atoms with E-state index in [1.54, 1.807) is 6.20 Å². The van der Waals surface area contributed by atoms with E-state index in [0.717, 1.165) is 33.3 Å². The van der Waals surface area contributed by atoms with Crippen LogP contribution in [0.4, 0.5) is 5.69 Å². The monoisotopic (exact) mass is 364 g/mol. The molecule has 0 aliphatic rings. The molecule has 3 heteroatoms. The van der Waals surface area contributed by atoms with Crippen molar-refractivity contribution in [2.75, 3.05) is 5.32 Å². The summed E-state index contributed by atoms with van der Waals surface area (Å²) in [5.74, 6) is -0.0257. The van der Waals surface area contributed by atoms with Crippen LogP contribution in [0.2, 0.25) is 0 Å². The van der Waals surface area contributed by atoms with Gasteiger partial charge in [0.15, 0.2) is 0 Å². The second-order valence-electron chi connectivity index (χ2n) is 6.58. The second kappa shape index (κ2) is 8.31. The number of hydrogen-bond donors (Lipinski definition) is 1. The fourth-order valence-electron chi connectivity index (χ4n) is 3.20. The fourth-order valence-corrected chi connectivity index (χ4v) is 3.20. The number of amides is 1. The van der Waals surface area contributed by atoms with Crippen LogP contribution >= 0.6 is 0 Å². The summed E-state index contributed by atoms with van der Waals surface area (Å²) in [6.45, 7) is 0. The van der Waals surface area contributed by atoms with Crippen molar-refractivity contribution in [3.05, 3.63) is 108 Å². The number of nitrogens with zero attached hydrogens (tertiary/aromatic N) is 1. The maximum atomic E-state index is 12.6. The van der Waals surface area contributed by atoms with Gasteiger partial charge in [-0.25, -0.2) is 0 Å². The standard InChI is InChI=1S/C25H20N2O/c28-25(18-21-10-6-9-20-8-1-2-13-24(20)21)27-23-12-5-7-19(17-23)14-15-22-11-3-4-16-26-22/h1-17H,18H2,(H,27,28)/b15-14+. The Morgan fingerprint density at radius 3 is 2.57 bits per heavy atom. The molecule has 0 unspecified atom stereocenters. The molecule has 3 nitrogen and oxygen atoms in total. The van der Waals surface area contributed by atoms with Crippen LogP contribution in [0.3, 0.4) is 0 Å². The zero-order valence-corrected chi connectivity index (χ0v) is 15.4. The van der Waals surface area contributed by atoms with E-state index in [1.165, 1.54) is 0 Å². The van der Waals surface area contributed by atoms with E-state index < -0.39 is 0 Å². The third-order valence-electron chi connectivity index (χ3n) is 4.54. The van der Waals surface area contributed by atoms with Crippen LogP contribution in [0.1, 0.15) is 16.8 Å². The van der Waals surface area contributed by atoms with Crippen LogP contribution < -0.4 is 5.32 Å². The quantitative estimate of drug-likeness (QED) is 0.502. The molecular weight excluding hydrogens is 344 g/mol. The van der Waals surface area contributed by atoms with Gasteiger partial charge in [0.05, 0.1) is 12.1 Å². The lowest BCUT2D eigenvalue weighted by atomic mass is 10.0. The van der Waals surface area contributed by atoms with E-state index in [1.807, 2.05) is 78.9 Å². The number of aromatic nitrogens is 1. The van der Waals surface area contributed by atoms with Crippen molar-refractivity contribution in [3.63, 3.8) is 0 Å². The zero-order valence-electron chi connectivity index (χ0n) is 15.4. The largest absolute Gasteiger partial charge is 0.326 e. The molecule has 136 valence electrons. The molecule has 3 aromatic carbocycles. The average molecular weight is 364 g/mol. The first kappa shape index (κ1) is 17.7. The molecule has 4 aromatic rings. The average Bonchev–Trinajstić information content (AvgIpc) is 2.73. The van der Waals surface area contributed by atoms with E-state index in [4.69, 9.17) is 0 Å². The van der Waals surface area contributed by atoms with E-state index in [2.05, 4.69) is 28.5 Å². The molecule has 0 fully saturated rings. The molecule has 0 aliphatic heterocycles. The molecule has 4 rings (SSSR count). The molecule has 28 heavy (non-hydrogen) atoms. The number of nitrogens with one attached hydrogen (secondary N) is 1. The Morgan fingerprint density at radius 1 is 0.857 bits per heavy atom. The predicted octanol–water partition coefficient (Wildman–Crippen LogP) is 5.59. The molecule has 0 bridgehead atoms. The van der Waals surface area contributed by atoms with Gasteiger partial charge in [-0.1, -0.05) is 66.7 Å². The lowest BCUT2D eigenvalue weighted by Crippen LogP contribution is -2.14. The van der Waals surface area contributed by atoms with Crippen molar-refractivity contribution in [1.29, 1.82) is 0 Å². The van der Waals surface area contributed by atoms with Crippen molar-refractivity contribution in [2.45, 2.75) is 6.42 Å². The Labute approximate surface area is 164 Å². The third-order valence-corrected chi connectivity index (χ3v) is 4.54. The molecule has 0 saturated heterocycles. The minimum absolute atomic E-state index is 0.0257. The van der Waals surface area contributed by atoms with Gasteiger partial charge in [0.1, 0.15) is 0 Å². The van der Waals surface area contributed by atoms with E-state index in [9.17, 15) is 4.79 Å². The SMILES string of the molecule is O=C(Cc1cccc2ccccc12)Nc1cccc(/C=C/c2ccccn2)c1. The minimum Gasteiger partial charge on any atom is -0.326 e. The van der Waals surface area contributed by atoms with Crippen LogP contribution in [-0.4, -0.2) is 10.9 Å². The fraction of sp³-hybridized carbons (Fsp3) is 0.0400.